The van der Waals surface area contributed by atoms with Crippen molar-refractivity contribution in [2.45, 2.75) is 12.6 Å². The number of benzene rings is 2. The van der Waals surface area contributed by atoms with E-state index in [1.165, 1.54) is 0 Å². The molecule has 1 heterocycles. The molecule has 0 saturated carbocycles. The van der Waals surface area contributed by atoms with Crippen molar-refractivity contribution in [3.05, 3.63) is 94.8 Å². The van der Waals surface area contributed by atoms with E-state index >= 15 is 0 Å². The number of hydrogen-bond donors (Lipinski definition) is 2. The zero-order chi connectivity index (χ0) is 16.1. The molecule has 0 amide bonds. The molecule has 0 saturated heterocycles. The van der Waals surface area contributed by atoms with Crippen LogP contribution in [0, 0.1) is 0 Å². The normalized spacial score (nSPS) is 12.0. The molecular formula is C19H17ClN2O. The second-order valence-corrected chi connectivity index (χ2v) is 5.69. The van der Waals surface area contributed by atoms with E-state index in [-0.39, 0.29) is 11.8 Å². The number of aromatic hydroxyl groups is 1. The lowest BCUT2D eigenvalue weighted by Gasteiger charge is -2.19. The molecule has 1 atom stereocenters. The van der Waals surface area contributed by atoms with Crippen LogP contribution >= 0.6 is 11.6 Å². The van der Waals surface area contributed by atoms with Gasteiger partial charge in [0.2, 0.25) is 0 Å². The first-order valence-electron chi connectivity index (χ1n) is 7.40. The second kappa shape index (κ2) is 7.27. The minimum absolute atomic E-state index is 0.0595. The lowest BCUT2D eigenvalue weighted by molar-refractivity contribution is 0.461. The van der Waals surface area contributed by atoms with Crippen LogP contribution in [0.4, 0.5) is 0 Å². The van der Waals surface area contributed by atoms with E-state index in [1.54, 1.807) is 24.4 Å². The van der Waals surface area contributed by atoms with E-state index < -0.39 is 0 Å². The van der Waals surface area contributed by atoms with Crippen LogP contribution in [0.3, 0.4) is 0 Å². The lowest BCUT2D eigenvalue weighted by atomic mass is 10.0. The van der Waals surface area contributed by atoms with Gasteiger partial charge in [-0.1, -0.05) is 48.0 Å². The zero-order valence-electron chi connectivity index (χ0n) is 12.5. The molecule has 0 aliphatic heterocycles. The number of pyridine rings is 1. The number of aromatic nitrogens is 1. The first-order chi connectivity index (χ1) is 11.2. The molecular weight excluding hydrogens is 308 g/mol. The van der Waals surface area contributed by atoms with Gasteiger partial charge < -0.3 is 10.4 Å². The monoisotopic (exact) mass is 324 g/mol. The average Bonchev–Trinajstić information content (AvgIpc) is 2.60. The second-order valence-electron chi connectivity index (χ2n) is 5.25. The quantitative estimate of drug-likeness (QED) is 0.734. The summed E-state index contributed by atoms with van der Waals surface area (Å²) in [5, 5.41) is 14.0. The summed E-state index contributed by atoms with van der Waals surface area (Å²) < 4.78 is 0. The van der Waals surface area contributed by atoms with E-state index in [0.29, 0.717) is 11.6 Å². The van der Waals surface area contributed by atoms with E-state index in [1.807, 2.05) is 36.4 Å². The minimum Gasteiger partial charge on any atom is -0.508 e. The smallest absolute Gasteiger partial charge is 0.120 e. The highest BCUT2D eigenvalue weighted by Crippen LogP contribution is 2.24. The fraction of sp³-hybridized carbons (Fsp3) is 0.105. The molecule has 23 heavy (non-hydrogen) atoms. The van der Waals surface area contributed by atoms with Crippen LogP contribution in [-0.4, -0.2) is 10.1 Å². The van der Waals surface area contributed by atoms with Gasteiger partial charge in [-0.25, -0.2) is 0 Å². The minimum atomic E-state index is -0.0595. The lowest BCUT2D eigenvalue weighted by Crippen LogP contribution is -2.23. The topological polar surface area (TPSA) is 45.1 Å². The fourth-order valence-corrected chi connectivity index (χ4v) is 2.69. The Kier molecular flexibility index (Phi) is 4.91. The Morgan fingerprint density at radius 3 is 2.52 bits per heavy atom. The summed E-state index contributed by atoms with van der Waals surface area (Å²) in [6.45, 7) is 0.489. The van der Waals surface area contributed by atoms with Crippen LogP contribution in [0.1, 0.15) is 22.9 Å². The van der Waals surface area contributed by atoms with Crippen molar-refractivity contribution in [3.63, 3.8) is 0 Å². The molecule has 1 aromatic heterocycles. The molecule has 2 N–H and O–H groups in total. The highest BCUT2D eigenvalue weighted by Gasteiger charge is 2.15. The van der Waals surface area contributed by atoms with Gasteiger partial charge in [0.15, 0.2) is 0 Å². The summed E-state index contributed by atoms with van der Waals surface area (Å²) in [6.07, 6.45) is 1.78. The highest BCUT2D eigenvalue weighted by atomic mass is 35.5. The van der Waals surface area contributed by atoms with Crippen LogP contribution in [0.5, 0.6) is 5.75 Å². The van der Waals surface area contributed by atoms with Crippen molar-refractivity contribution in [3.8, 4) is 5.75 Å². The Labute approximate surface area is 140 Å². The first kappa shape index (κ1) is 15.5. The molecule has 116 valence electrons. The van der Waals surface area contributed by atoms with Crippen molar-refractivity contribution < 1.29 is 5.11 Å². The number of nitrogens with one attached hydrogen (secondary N) is 1. The third-order valence-electron chi connectivity index (χ3n) is 3.65. The molecule has 0 aliphatic rings. The Balaban J connectivity index is 1.86. The van der Waals surface area contributed by atoms with Crippen molar-refractivity contribution in [1.29, 1.82) is 0 Å². The van der Waals surface area contributed by atoms with Crippen LogP contribution < -0.4 is 5.32 Å². The predicted octanol–water partition coefficient (Wildman–Crippen LogP) is 4.32. The van der Waals surface area contributed by atoms with Crippen molar-refractivity contribution >= 4 is 11.6 Å². The molecule has 0 fully saturated rings. The first-order valence-corrected chi connectivity index (χ1v) is 7.78. The highest BCUT2D eigenvalue weighted by molar-refractivity contribution is 6.30. The number of phenolic OH excluding ortho intramolecular Hbond substituents is 1. The van der Waals surface area contributed by atoms with Crippen LogP contribution in [0.15, 0.2) is 72.9 Å². The zero-order valence-corrected chi connectivity index (χ0v) is 13.2. The average molecular weight is 325 g/mol. The molecule has 2 aromatic carbocycles. The van der Waals surface area contributed by atoms with Crippen LogP contribution in [0.25, 0.3) is 0 Å². The van der Waals surface area contributed by atoms with E-state index in [0.717, 1.165) is 16.8 Å². The summed E-state index contributed by atoms with van der Waals surface area (Å²) >= 11 is 6.01. The Bertz CT molecular complexity index is 723. The number of rotatable bonds is 5. The van der Waals surface area contributed by atoms with Gasteiger partial charge in [0.25, 0.3) is 0 Å². The summed E-state index contributed by atoms with van der Waals surface area (Å²) in [4.78, 5) is 4.46. The van der Waals surface area contributed by atoms with E-state index in [9.17, 15) is 5.11 Å². The number of phenols is 1. The molecule has 0 radical (unpaired) electrons. The van der Waals surface area contributed by atoms with Crippen molar-refractivity contribution in [1.82, 2.24) is 10.3 Å². The molecule has 0 spiro atoms. The Hall–Kier alpha value is -2.36. The third-order valence-corrected chi connectivity index (χ3v) is 3.89. The van der Waals surface area contributed by atoms with E-state index in [2.05, 4.69) is 22.4 Å². The predicted molar refractivity (Wildman–Crippen MR) is 92.5 cm³/mol. The number of hydrogen-bond acceptors (Lipinski definition) is 3. The van der Waals surface area contributed by atoms with Gasteiger partial charge in [-0.05, 0) is 35.9 Å². The summed E-state index contributed by atoms with van der Waals surface area (Å²) in [5.74, 6) is 0.231. The molecule has 3 nitrogen and oxygen atoms in total. The molecule has 4 heteroatoms. The maximum atomic E-state index is 9.97. The van der Waals surface area contributed by atoms with Gasteiger partial charge in [-0.15, -0.1) is 0 Å². The Morgan fingerprint density at radius 2 is 1.78 bits per heavy atom. The van der Waals surface area contributed by atoms with Gasteiger partial charge in [-0.3, -0.25) is 4.98 Å². The largest absolute Gasteiger partial charge is 0.508 e. The van der Waals surface area contributed by atoms with Gasteiger partial charge in [0.05, 0.1) is 11.7 Å². The summed E-state index contributed by atoms with van der Waals surface area (Å²) in [5.41, 5.74) is 2.81. The van der Waals surface area contributed by atoms with Crippen LogP contribution in [-0.2, 0) is 6.54 Å². The maximum absolute atomic E-state index is 9.97. The third kappa shape index (κ3) is 3.89. The van der Waals surface area contributed by atoms with Crippen molar-refractivity contribution in [2.24, 2.45) is 0 Å². The summed E-state index contributed by atoms with van der Waals surface area (Å²) in [7, 11) is 0. The SMILES string of the molecule is Oc1ccc(Cl)cc1CNC(c1ccccc1)c1ccccn1. The summed E-state index contributed by atoms with van der Waals surface area (Å²) in [6, 6.07) is 21.0. The molecule has 0 aliphatic carbocycles. The van der Waals surface area contributed by atoms with Crippen LogP contribution in [0.2, 0.25) is 5.02 Å². The molecule has 0 bridgehead atoms. The molecule has 3 rings (SSSR count). The number of halogens is 1. The van der Waals surface area contributed by atoms with Crippen molar-refractivity contribution in [2.75, 3.05) is 0 Å². The van der Waals surface area contributed by atoms with Gasteiger partial charge in [0.1, 0.15) is 5.75 Å². The standard InChI is InChI=1S/C19H17ClN2O/c20-16-9-10-18(23)15(12-16)13-22-19(14-6-2-1-3-7-14)17-8-4-5-11-21-17/h1-12,19,22-23H,13H2. The van der Waals surface area contributed by atoms with Gasteiger partial charge in [0, 0.05) is 23.3 Å². The molecule has 3 aromatic rings. The fourth-order valence-electron chi connectivity index (χ4n) is 2.49. The van der Waals surface area contributed by atoms with E-state index in [4.69, 9.17) is 11.6 Å². The Morgan fingerprint density at radius 1 is 1.00 bits per heavy atom. The van der Waals surface area contributed by atoms with Gasteiger partial charge >= 0.3 is 0 Å². The molecule has 1 unspecified atom stereocenters. The number of nitrogens with zero attached hydrogens (tertiary/aromatic N) is 1. The maximum Gasteiger partial charge on any atom is 0.120 e. The van der Waals surface area contributed by atoms with Gasteiger partial charge in [-0.2, -0.15) is 0 Å².